The molecule has 0 aromatic heterocycles. The Bertz CT molecular complexity index is 677. The number of fused-ring (bicyclic) bond motifs is 2. The zero-order valence-corrected chi connectivity index (χ0v) is 12.0. The number of hydrogen-bond acceptors (Lipinski definition) is 9. The van der Waals surface area contributed by atoms with E-state index in [0.29, 0.717) is 12.3 Å². The normalized spacial score (nSPS) is 43.7. The maximum Gasteiger partial charge on any atom is 0.472 e. The van der Waals surface area contributed by atoms with E-state index in [4.69, 9.17) is 19.5 Å². The van der Waals surface area contributed by atoms with Crippen LogP contribution in [0.4, 0.5) is 0 Å². The highest BCUT2D eigenvalue weighted by Gasteiger charge is 2.49. The minimum absolute atomic E-state index is 0.0433. The number of rotatable bonds is 1. The van der Waals surface area contributed by atoms with Crippen LogP contribution in [0.3, 0.4) is 0 Å². The summed E-state index contributed by atoms with van der Waals surface area (Å²) >= 11 is 0. The Hall–Kier alpha value is -1.65. The van der Waals surface area contributed by atoms with Gasteiger partial charge in [0, 0.05) is 6.42 Å². The fourth-order valence-corrected chi connectivity index (χ4v) is 3.70. The summed E-state index contributed by atoms with van der Waals surface area (Å²) in [7, 11) is -4.02. The molecule has 118 valence electrons. The molecular weight excluding hydrogens is 317 g/mol. The van der Waals surface area contributed by atoms with Crippen LogP contribution in [0.15, 0.2) is 15.0 Å². The molecule has 5 atom stereocenters. The van der Waals surface area contributed by atoms with E-state index in [1.54, 1.807) is 4.90 Å². The summed E-state index contributed by atoms with van der Waals surface area (Å²) in [5.41, 5.74) is 5.50. The van der Waals surface area contributed by atoms with Crippen LogP contribution in [0.5, 0.6) is 0 Å². The van der Waals surface area contributed by atoms with Gasteiger partial charge < -0.3 is 15.4 Å². The molecule has 4 heterocycles. The Balaban J connectivity index is 1.55. The standard InChI is InChI=1S/C10H12N5O6P/c11-10-13-8-7(9(16)14-10)12-3-15(8)6-1-4-5(20-6)2-19-22(17,18)21-4/h3-7H,1-2H2,(H,17,18)(H2,11,14,16)/t4-,5+,6+,7?/m0/s1. The van der Waals surface area contributed by atoms with Gasteiger partial charge in [0.1, 0.15) is 18.4 Å². The van der Waals surface area contributed by atoms with E-state index >= 15 is 0 Å². The maximum atomic E-state index is 11.7. The van der Waals surface area contributed by atoms with Crippen molar-refractivity contribution in [3.05, 3.63) is 0 Å². The SMILES string of the molecule is NC1=NC(=O)C2N=CN([C@H]3C[C@@H]4OP(=O)(O)OC[C@H]4O3)C2=N1. The number of amides is 1. The summed E-state index contributed by atoms with van der Waals surface area (Å²) in [6.45, 7) is -0.0433. The number of carbonyl (C=O) groups excluding carboxylic acids is 1. The molecule has 2 unspecified atom stereocenters. The lowest BCUT2D eigenvalue weighted by molar-refractivity contribution is -0.117. The zero-order valence-electron chi connectivity index (χ0n) is 11.1. The lowest BCUT2D eigenvalue weighted by Gasteiger charge is -2.27. The number of hydrogen-bond donors (Lipinski definition) is 2. The minimum atomic E-state index is -4.02. The second kappa shape index (κ2) is 4.67. The molecule has 1 amide bonds. The molecule has 0 bridgehead atoms. The summed E-state index contributed by atoms with van der Waals surface area (Å²) in [5, 5.41) is 0. The van der Waals surface area contributed by atoms with Gasteiger partial charge >= 0.3 is 7.82 Å². The number of carbonyl (C=O) groups is 1. The number of nitrogens with zero attached hydrogens (tertiary/aromatic N) is 4. The van der Waals surface area contributed by atoms with Crippen molar-refractivity contribution in [2.45, 2.75) is 30.9 Å². The Morgan fingerprint density at radius 1 is 1.41 bits per heavy atom. The lowest BCUT2D eigenvalue weighted by atomic mass is 10.1. The largest absolute Gasteiger partial charge is 0.472 e. The highest BCUT2D eigenvalue weighted by atomic mass is 31.2. The number of amidine groups is 1. The van der Waals surface area contributed by atoms with E-state index in [2.05, 4.69) is 15.0 Å². The van der Waals surface area contributed by atoms with Crippen molar-refractivity contribution in [1.82, 2.24) is 4.90 Å². The number of phosphoric ester groups is 1. The van der Waals surface area contributed by atoms with Gasteiger partial charge in [0.15, 0.2) is 11.9 Å². The Kier molecular flexibility index (Phi) is 2.97. The molecule has 4 aliphatic rings. The smallest absolute Gasteiger partial charge is 0.368 e. The molecule has 11 nitrogen and oxygen atoms in total. The highest BCUT2D eigenvalue weighted by Crippen LogP contribution is 2.51. The van der Waals surface area contributed by atoms with Crippen LogP contribution in [-0.2, 0) is 23.1 Å². The van der Waals surface area contributed by atoms with Crippen molar-refractivity contribution in [2.75, 3.05) is 6.61 Å². The van der Waals surface area contributed by atoms with Crippen molar-refractivity contribution in [3.63, 3.8) is 0 Å². The van der Waals surface area contributed by atoms with Gasteiger partial charge in [-0.05, 0) is 0 Å². The first-order valence-electron chi connectivity index (χ1n) is 6.52. The van der Waals surface area contributed by atoms with Crippen LogP contribution >= 0.6 is 7.82 Å². The number of guanidine groups is 1. The van der Waals surface area contributed by atoms with Crippen LogP contribution in [0, 0.1) is 0 Å². The van der Waals surface area contributed by atoms with Crippen LogP contribution in [0.2, 0.25) is 0 Å². The number of phosphoric acid groups is 1. The fourth-order valence-electron chi connectivity index (χ4n) is 2.74. The maximum absolute atomic E-state index is 11.7. The molecule has 4 rings (SSSR count). The number of ether oxygens (including phenoxy) is 1. The molecule has 0 saturated carbocycles. The number of nitrogens with two attached hydrogens (primary N) is 1. The molecule has 0 spiro atoms. The molecule has 3 N–H and O–H groups in total. The summed E-state index contributed by atoms with van der Waals surface area (Å²) in [6.07, 6.45) is 0.145. The van der Waals surface area contributed by atoms with E-state index < -0.39 is 38.2 Å². The fraction of sp³-hybridized carbons (Fsp3) is 0.600. The van der Waals surface area contributed by atoms with Crippen LogP contribution in [0.25, 0.3) is 0 Å². The van der Waals surface area contributed by atoms with Gasteiger partial charge in [0.25, 0.3) is 5.91 Å². The predicted molar refractivity (Wildman–Crippen MR) is 72.1 cm³/mol. The molecule has 4 aliphatic heterocycles. The molecule has 2 fully saturated rings. The van der Waals surface area contributed by atoms with Crippen LogP contribution in [-0.4, -0.2) is 64.9 Å². The molecule has 0 aromatic rings. The Labute approximate surface area is 124 Å². The van der Waals surface area contributed by atoms with Crippen molar-refractivity contribution < 1.29 is 28.0 Å². The third-order valence-electron chi connectivity index (χ3n) is 3.70. The summed E-state index contributed by atoms with van der Waals surface area (Å²) in [4.78, 5) is 34.3. The van der Waals surface area contributed by atoms with Crippen molar-refractivity contribution in [3.8, 4) is 0 Å². The van der Waals surface area contributed by atoms with Crippen LogP contribution in [0.1, 0.15) is 6.42 Å². The zero-order chi connectivity index (χ0) is 15.5. The quantitative estimate of drug-likeness (QED) is 0.557. The van der Waals surface area contributed by atoms with Crippen molar-refractivity contribution in [2.24, 2.45) is 20.7 Å². The molecule has 0 radical (unpaired) electrons. The van der Waals surface area contributed by atoms with E-state index in [1.165, 1.54) is 6.34 Å². The molecule has 22 heavy (non-hydrogen) atoms. The lowest BCUT2D eigenvalue weighted by Crippen LogP contribution is -2.44. The number of aliphatic imine (C=N–C) groups is 3. The Morgan fingerprint density at radius 3 is 3.05 bits per heavy atom. The first-order chi connectivity index (χ1) is 10.4. The van der Waals surface area contributed by atoms with E-state index in [9.17, 15) is 14.3 Å². The highest BCUT2D eigenvalue weighted by molar-refractivity contribution is 7.47. The first-order valence-corrected chi connectivity index (χ1v) is 8.02. The van der Waals surface area contributed by atoms with Gasteiger partial charge in [-0.15, -0.1) is 0 Å². The van der Waals surface area contributed by atoms with Gasteiger partial charge in [-0.3, -0.25) is 23.7 Å². The third-order valence-corrected chi connectivity index (χ3v) is 4.71. The molecule has 2 saturated heterocycles. The van der Waals surface area contributed by atoms with Crippen molar-refractivity contribution >= 4 is 31.9 Å². The van der Waals surface area contributed by atoms with Crippen molar-refractivity contribution in [1.29, 1.82) is 0 Å². The average molecular weight is 329 g/mol. The second-order valence-electron chi connectivity index (χ2n) is 5.13. The second-order valence-corrected chi connectivity index (χ2v) is 6.53. The average Bonchev–Trinajstić information content (AvgIpc) is 3.00. The summed E-state index contributed by atoms with van der Waals surface area (Å²) < 4.78 is 26.9. The van der Waals surface area contributed by atoms with Gasteiger partial charge in [-0.25, -0.2) is 4.57 Å². The first kappa shape index (κ1) is 14.0. The minimum Gasteiger partial charge on any atom is -0.368 e. The van der Waals surface area contributed by atoms with Crippen LogP contribution < -0.4 is 5.73 Å². The summed E-state index contributed by atoms with van der Waals surface area (Å²) in [6, 6.07) is -0.820. The summed E-state index contributed by atoms with van der Waals surface area (Å²) in [5.74, 6) is -0.299. The monoisotopic (exact) mass is 329 g/mol. The topological polar surface area (TPSA) is 148 Å². The van der Waals surface area contributed by atoms with Gasteiger partial charge in [0.05, 0.1) is 12.9 Å². The molecule has 0 aliphatic carbocycles. The van der Waals surface area contributed by atoms with E-state index in [0.717, 1.165) is 0 Å². The van der Waals surface area contributed by atoms with Gasteiger partial charge in [0.2, 0.25) is 5.96 Å². The predicted octanol–water partition coefficient (Wildman–Crippen LogP) is -1.42. The Morgan fingerprint density at radius 2 is 2.23 bits per heavy atom. The van der Waals surface area contributed by atoms with Gasteiger partial charge in [-0.1, -0.05) is 0 Å². The third kappa shape index (κ3) is 2.18. The molecule has 12 heteroatoms. The van der Waals surface area contributed by atoms with E-state index in [-0.39, 0.29) is 12.6 Å². The van der Waals surface area contributed by atoms with Gasteiger partial charge in [-0.2, -0.15) is 9.98 Å². The van der Waals surface area contributed by atoms with E-state index in [1.807, 2.05) is 0 Å². The molecular formula is C10H12N5O6P. The molecule has 0 aromatic carbocycles.